The molecule has 28 heteroatoms. The van der Waals surface area contributed by atoms with Gasteiger partial charge in [0.25, 0.3) is 0 Å². The molecular formula is C59H37Cl18N9O. The molecule has 0 unspecified atom stereocenters. The average Bonchev–Trinajstić information content (AvgIpc) is 1.08. The fourth-order valence-electron chi connectivity index (χ4n) is 7.04. The van der Waals surface area contributed by atoms with Crippen LogP contribution in [0.25, 0.3) is 70.6 Å². The molecule has 0 saturated carbocycles. The van der Waals surface area contributed by atoms with Crippen molar-refractivity contribution in [3.05, 3.63) is 226 Å². The molecule has 450 valence electrons. The zero-order valence-electron chi connectivity index (χ0n) is 44.1. The van der Waals surface area contributed by atoms with Gasteiger partial charge in [-0.25, -0.2) is 44.9 Å². The molecule has 6 aromatic carbocycles. The SMILES string of the molecule is COc1ccc(C=Cc2ccc(-c3nc(C(Cl)(Cl)Cl)nc(C(Cl)(Cl)Cl)n3)cc2)cc1.Cc1ccc(C=Cc2ccc(-c3nc(C(Cl)(Cl)Cl)nc(C(Cl)(Cl)Cl)n3)cc2)cc1.ClC(Cl)(Cl)c1nc(-c2ccc(C=Cc3ccccc3)cc2)nc(C(Cl)(Cl)Cl)n1. The Morgan fingerprint density at radius 3 is 0.690 bits per heavy atom. The van der Waals surface area contributed by atoms with Crippen molar-refractivity contribution in [3.63, 3.8) is 0 Å². The van der Waals surface area contributed by atoms with Crippen LogP contribution in [0.4, 0.5) is 0 Å². The molecule has 0 aliphatic rings. The predicted octanol–water partition coefficient (Wildman–Crippen LogP) is 22.4. The Balaban J connectivity index is 0.000000187. The van der Waals surface area contributed by atoms with Crippen LogP contribution in [0.2, 0.25) is 0 Å². The van der Waals surface area contributed by atoms with Gasteiger partial charge in [0, 0.05) is 16.7 Å². The van der Waals surface area contributed by atoms with E-state index in [4.69, 9.17) is 214 Å². The minimum Gasteiger partial charge on any atom is -0.497 e. The summed E-state index contributed by atoms with van der Waals surface area (Å²) in [4.78, 5) is 37.1. The van der Waals surface area contributed by atoms with Gasteiger partial charge in [-0.1, -0.05) is 390 Å². The highest BCUT2D eigenvalue weighted by molar-refractivity contribution is 6.69. The Kier molecular flexibility index (Phi) is 25.2. The fourth-order valence-corrected chi connectivity index (χ4v) is 8.56. The molecular weight excluding hydrogens is 1490 g/mol. The first-order valence-electron chi connectivity index (χ1n) is 24.5. The summed E-state index contributed by atoms with van der Waals surface area (Å²) in [6.07, 6.45) is 12.0. The largest absolute Gasteiger partial charge is 0.497 e. The molecule has 0 radical (unpaired) electrons. The lowest BCUT2D eigenvalue weighted by Gasteiger charge is -2.15. The number of hydrogen-bond acceptors (Lipinski definition) is 10. The first-order valence-corrected chi connectivity index (χ1v) is 31.3. The zero-order valence-corrected chi connectivity index (χ0v) is 57.7. The van der Waals surface area contributed by atoms with Crippen LogP contribution in [0.5, 0.6) is 5.75 Å². The van der Waals surface area contributed by atoms with E-state index in [2.05, 4.69) is 76.0 Å². The molecule has 0 aliphatic heterocycles. The van der Waals surface area contributed by atoms with E-state index in [-0.39, 0.29) is 52.4 Å². The summed E-state index contributed by atoms with van der Waals surface area (Å²) >= 11 is 106. The van der Waals surface area contributed by atoms with Crippen molar-refractivity contribution >= 4 is 245 Å². The van der Waals surface area contributed by atoms with Crippen molar-refractivity contribution in [2.75, 3.05) is 7.11 Å². The molecule has 0 saturated heterocycles. The van der Waals surface area contributed by atoms with E-state index in [9.17, 15) is 0 Å². The molecule has 9 rings (SSSR count). The van der Waals surface area contributed by atoms with E-state index in [0.717, 1.165) is 39.1 Å². The van der Waals surface area contributed by atoms with Crippen LogP contribution in [0.3, 0.4) is 0 Å². The Hall–Kier alpha value is -3.41. The Morgan fingerprint density at radius 1 is 0.264 bits per heavy atom. The monoisotopic (exact) mass is 1520 g/mol. The van der Waals surface area contributed by atoms with E-state index in [0.29, 0.717) is 16.7 Å². The summed E-state index contributed by atoms with van der Waals surface area (Å²) in [7, 11) is 1.63. The number of aromatic nitrogens is 9. The second-order valence-electron chi connectivity index (χ2n) is 17.9. The topological polar surface area (TPSA) is 125 Å². The smallest absolute Gasteiger partial charge is 0.250 e. The number of hydrogen-bond donors (Lipinski definition) is 0. The van der Waals surface area contributed by atoms with Gasteiger partial charge in [0.15, 0.2) is 52.4 Å². The summed E-state index contributed by atoms with van der Waals surface area (Å²) in [5.74, 6) is 0.705. The number of methoxy groups -OCH3 is 1. The third-order valence-corrected chi connectivity index (χ3v) is 14.4. The van der Waals surface area contributed by atoms with E-state index in [1.807, 2.05) is 164 Å². The van der Waals surface area contributed by atoms with Crippen LogP contribution >= 0.6 is 209 Å². The number of rotatable bonds is 10. The molecule has 9 aromatic rings. The van der Waals surface area contributed by atoms with E-state index >= 15 is 0 Å². The van der Waals surface area contributed by atoms with Gasteiger partial charge < -0.3 is 4.74 Å². The quantitative estimate of drug-likeness (QED) is 0.0965. The molecule has 0 bridgehead atoms. The van der Waals surface area contributed by atoms with Crippen LogP contribution < -0.4 is 4.74 Å². The van der Waals surface area contributed by atoms with Crippen LogP contribution in [0, 0.1) is 6.92 Å². The molecule has 0 N–H and O–H groups in total. The van der Waals surface area contributed by atoms with Gasteiger partial charge in [0.2, 0.25) is 22.8 Å². The van der Waals surface area contributed by atoms with Crippen molar-refractivity contribution in [3.8, 4) is 39.9 Å². The summed E-state index contributed by atoms with van der Waals surface area (Å²) < 4.78 is -6.20. The second kappa shape index (κ2) is 30.8. The Morgan fingerprint density at radius 2 is 0.471 bits per heavy atom. The molecule has 0 aliphatic carbocycles. The van der Waals surface area contributed by atoms with Crippen LogP contribution in [-0.2, 0) is 22.8 Å². The normalized spacial score (nSPS) is 12.5. The average molecular weight is 1530 g/mol. The van der Waals surface area contributed by atoms with Crippen molar-refractivity contribution in [1.82, 2.24) is 44.9 Å². The highest BCUT2D eigenvalue weighted by Crippen LogP contribution is 2.44. The summed E-state index contributed by atoms with van der Waals surface area (Å²) in [5, 5.41) is 0. The van der Waals surface area contributed by atoms with Gasteiger partial charge >= 0.3 is 0 Å². The van der Waals surface area contributed by atoms with Gasteiger partial charge in [-0.15, -0.1) is 0 Å². The minimum absolute atomic E-state index is 0.128. The highest BCUT2D eigenvalue weighted by atomic mass is 35.6. The lowest BCUT2D eigenvalue weighted by molar-refractivity contribution is 0.415. The van der Waals surface area contributed by atoms with Crippen molar-refractivity contribution in [2.24, 2.45) is 0 Å². The maximum atomic E-state index is 5.92. The summed E-state index contributed by atoms with van der Waals surface area (Å²) in [5.41, 5.74) is 9.37. The Labute approximate surface area is 590 Å². The highest BCUT2D eigenvalue weighted by Gasteiger charge is 2.37. The van der Waals surface area contributed by atoms with Crippen LogP contribution in [-0.4, -0.2) is 52.0 Å². The molecule has 10 nitrogen and oxygen atoms in total. The molecule has 0 spiro atoms. The van der Waals surface area contributed by atoms with E-state index in [1.54, 1.807) is 7.11 Å². The van der Waals surface area contributed by atoms with Gasteiger partial charge in [0.1, 0.15) is 5.75 Å². The molecule has 0 atom stereocenters. The number of halogens is 18. The minimum atomic E-state index is -1.90. The zero-order chi connectivity index (χ0) is 63.5. The van der Waals surface area contributed by atoms with Crippen molar-refractivity contribution in [2.45, 2.75) is 29.7 Å². The Bertz CT molecular complexity index is 3750. The summed E-state index contributed by atoms with van der Waals surface area (Å²) in [6, 6.07) is 48.3. The molecule has 0 fully saturated rings. The fraction of sp³-hybridized carbons (Fsp3) is 0.136. The second-order valence-corrected chi connectivity index (χ2v) is 31.6. The third kappa shape index (κ3) is 22.2. The van der Waals surface area contributed by atoms with E-state index < -0.39 is 22.8 Å². The maximum Gasteiger partial charge on any atom is 0.250 e. The maximum absolute atomic E-state index is 5.92. The first kappa shape index (κ1) is 71.0. The summed E-state index contributed by atoms with van der Waals surface area (Å²) in [6.45, 7) is 2.05. The predicted molar refractivity (Wildman–Crippen MR) is 369 cm³/mol. The van der Waals surface area contributed by atoms with Gasteiger partial charge in [-0.05, 0) is 52.4 Å². The standard InChI is InChI=1S/C20H13Cl6N3O.C20H13Cl6N3.C19H11Cl6N3/c1-30-15-10-6-13(7-11-15)3-2-12-4-8-14(9-5-12)16-27-17(19(21,22)23)29-18(28-16)20(24,25)26;1-12-2-4-13(5-3-12)6-7-14-8-10-15(11-9-14)16-27-17(19(21,22)23)29-18(28-16)20(24,25)26;20-18(21,22)16-26-15(27-17(28-16)19(23,24)25)14-10-8-13(9-11-14)7-6-12-4-2-1-3-5-12/h2-11H,1H3;2-11H,1H3;1-11H. The molecule has 87 heavy (non-hydrogen) atoms. The van der Waals surface area contributed by atoms with Crippen molar-refractivity contribution in [1.29, 1.82) is 0 Å². The number of aryl methyl sites for hydroxylation is 1. The lowest BCUT2D eigenvalue weighted by atomic mass is 10.1. The first-order chi connectivity index (χ1) is 40.7. The van der Waals surface area contributed by atoms with Crippen molar-refractivity contribution < 1.29 is 4.74 Å². The third-order valence-electron chi connectivity index (χ3n) is 11.3. The van der Waals surface area contributed by atoms with Crippen LogP contribution in [0.15, 0.2) is 152 Å². The lowest BCUT2D eigenvalue weighted by Crippen LogP contribution is -2.16. The molecule has 3 aromatic heterocycles. The molecule has 3 heterocycles. The van der Waals surface area contributed by atoms with Gasteiger partial charge in [-0.2, -0.15) is 0 Å². The van der Waals surface area contributed by atoms with Gasteiger partial charge in [-0.3, -0.25) is 0 Å². The molecule has 0 amide bonds. The van der Waals surface area contributed by atoms with Gasteiger partial charge in [0.05, 0.1) is 7.11 Å². The number of alkyl halides is 18. The number of ether oxygens (including phenoxy) is 1. The number of benzene rings is 6. The van der Waals surface area contributed by atoms with Crippen LogP contribution in [0.1, 0.15) is 73.9 Å². The van der Waals surface area contributed by atoms with E-state index in [1.165, 1.54) is 5.56 Å². The number of nitrogens with zero attached hydrogens (tertiary/aromatic N) is 9.